The van der Waals surface area contributed by atoms with E-state index in [9.17, 15) is 58.5 Å². The summed E-state index contributed by atoms with van der Waals surface area (Å²) in [5.74, 6) is -7.07. The summed E-state index contributed by atoms with van der Waals surface area (Å²) >= 11 is 0. The number of esters is 4. The first kappa shape index (κ1) is 68.4. The molecule has 5 rings (SSSR count). The van der Waals surface area contributed by atoms with E-state index in [0.29, 0.717) is 18.8 Å². The van der Waals surface area contributed by atoms with Crippen molar-refractivity contribution >= 4 is 41.7 Å². The van der Waals surface area contributed by atoms with Gasteiger partial charge in [0.2, 0.25) is 12.2 Å². The molecule has 7 N–H and O–H groups in total. The van der Waals surface area contributed by atoms with Crippen LogP contribution in [0.15, 0.2) is 21.9 Å². The molecule has 1 aromatic heterocycles. The fraction of sp³-hybridized carbons (Fsp3) is 0.800. The van der Waals surface area contributed by atoms with Crippen LogP contribution in [-0.4, -0.2) is 215 Å². The van der Waals surface area contributed by atoms with Crippen LogP contribution in [0.5, 0.6) is 0 Å². The molecule has 17 atom stereocenters. The second-order valence-electron chi connectivity index (χ2n) is 22.4. The summed E-state index contributed by atoms with van der Waals surface area (Å²) in [5.41, 5.74) is 4.29. The van der Waals surface area contributed by atoms with Gasteiger partial charge in [0.1, 0.15) is 42.8 Å². The number of aromatic nitrogens is 2. The molecular formula is C55H87N5O23. The van der Waals surface area contributed by atoms with Gasteiger partial charge in [0.25, 0.3) is 5.56 Å². The van der Waals surface area contributed by atoms with E-state index < -0.39 is 183 Å². The number of hydrogen-bond acceptors (Lipinski definition) is 23. The molecule has 0 aliphatic carbocycles. The SMILES string of the molecule is CC[C@H]1O[C@H](OC(=O)C[C@@H](C)CC(=O)O[C@H](CCCCCCCCC(C)C)CC(=O)O[C@@H]2CN(C)[C@@H]([C@@H](O[C@H]3C[C@H](O)[C@@H](CN)O3)[C@H]3O[C@@H](n4ccc(=O)[nH]c4=O)C[C@@H]3O)C(=O)N(C)[C@@H]2C(=O)O)[C@H](OC)[C@@H](OC(=O)CCC(=O)O)[C@H]1OC. The lowest BCUT2D eigenvalue weighted by atomic mass is 9.96. The Morgan fingerprint density at radius 3 is 2.01 bits per heavy atom. The number of hydrogen-bond donors (Lipinski definition) is 6. The molecule has 5 heterocycles. The second-order valence-corrected chi connectivity index (χ2v) is 22.4. The highest BCUT2D eigenvalue weighted by molar-refractivity contribution is 5.89. The normalized spacial score (nSPS) is 29.6. The molecule has 0 bridgehead atoms. The Hall–Kier alpha value is -5.43. The highest BCUT2D eigenvalue weighted by Crippen LogP contribution is 2.37. The number of ether oxygens (including phenoxy) is 10. The Morgan fingerprint density at radius 1 is 0.759 bits per heavy atom. The van der Waals surface area contributed by atoms with Gasteiger partial charge in [-0.2, -0.15) is 0 Å². The van der Waals surface area contributed by atoms with Crippen molar-refractivity contribution in [1.82, 2.24) is 19.4 Å². The first-order valence-electron chi connectivity index (χ1n) is 28.6. The van der Waals surface area contributed by atoms with E-state index in [2.05, 4.69) is 18.8 Å². The first-order chi connectivity index (χ1) is 39.4. The number of unbranched alkanes of at least 4 members (excludes halogenated alkanes) is 5. The number of nitrogens with two attached hydrogens (primary N) is 1. The molecule has 0 radical (unpaired) electrons. The zero-order valence-corrected chi connectivity index (χ0v) is 48.7. The largest absolute Gasteiger partial charge is 0.481 e. The number of carboxylic acid groups (broad SMARTS) is 2. The second kappa shape index (κ2) is 32.7. The predicted molar refractivity (Wildman–Crippen MR) is 288 cm³/mol. The number of methoxy groups -OCH3 is 2. The number of aromatic amines is 1. The maximum Gasteiger partial charge on any atom is 0.330 e. The minimum Gasteiger partial charge on any atom is -0.481 e. The van der Waals surface area contributed by atoms with E-state index in [1.165, 1.54) is 39.4 Å². The standard InChI is InChI=1S/C55H87N5O23/c1-9-34-48(74-7)50(81-40(66)19-18-39(64)65)51(75-8)54(79-34)82-42(68)23-30(4)22-41(67)76-31(17-15-13-11-10-12-14-16-29(2)3)24-43(69)77-36-28-58(5)46(52(70)59(6)45(36)53(71)72)49(83-44-26-32(61)35(27-56)78-44)47-33(62)25-38(80-47)60-21-20-37(63)57-55(60)73/h20-21,29-36,38,44-51,54,61-62H,9-19,22-28,56H2,1-8H3,(H,64,65)(H,71,72)(H,57,63,73)/t30-,31+,32-,33-,34+,35+,36+,38+,44-,45-,46-,47-,48-,49+,50-,51+,54+/m0/s1. The Kier molecular flexibility index (Phi) is 27.0. The van der Waals surface area contributed by atoms with Gasteiger partial charge in [0.05, 0.1) is 43.7 Å². The summed E-state index contributed by atoms with van der Waals surface area (Å²) < 4.78 is 59.8. The van der Waals surface area contributed by atoms with Gasteiger partial charge in [-0.3, -0.25) is 48.0 Å². The van der Waals surface area contributed by atoms with Crippen molar-refractivity contribution in [3.8, 4) is 0 Å². The number of amides is 1. The summed E-state index contributed by atoms with van der Waals surface area (Å²) in [4.78, 5) is 122. The lowest BCUT2D eigenvalue weighted by molar-refractivity contribution is -0.299. The lowest BCUT2D eigenvalue weighted by Crippen LogP contribution is -2.61. The number of carboxylic acids is 2. The Morgan fingerprint density at radius 2 is 1.41 bits per heavy atom. The van der Waals surface area contributed by atoms with Gasteiger partial charge < -0.3 is 78.4 Å². The molecule has 83 heavy (non-hydrogen) atoms. The minimum absolute atomic E-state index is 0.0908. The highest BCUT2D eigenvalue weighted by atomic mass is 16.7. The van der Waals surface area contributed by atoms with E-state index in [1.807, 2.05) is 0 Å². The van der Waals surface area contributed by atoms with Crippen LogP contribution in [0, 0.1) is 11.8 Å². The molecule has 1 aromatic rings. The number of nitrogens with zero attached hydrogens (tertiary/aromatic N) is 3. The van der Waals surface area contributed by atoms with Crippen LogP contribution in [0.3, 0.4) is 0 Å². The van der Waals surface area contributed by atoms with Crippen molar-refractivity contribution in [3.05, 3.63) is 33.1 Å². The van der Waals surface area contributed by atoms with Crippen LogP contribution in [0.25, 0.3) is 0 Å². The first-order valence-corrected chi connectivity index (χ1v) is 28.6. The molecule has 470 valence electrons. The van der Waals surface area contributed by atoms with Crippen LogP contribution in [-0.2, 0) is 80.9 Å². The third-order valence-corrected chi connectivity index (χ3v) is 15.4. The number of carbonyl (C=O) groups excluding carboxylic acids is 5. The maximum absolute atomic E-state index is 14.7. The van der Waals surface area contributed by atoms with Crippen LogP contribution in [0.1, 0.15) is 137 Å². The monoisotopic (exact) mass is 1190 g/mol. The zero-order chi connectivity index (χ0) is 61.2. The number of nitrogens with one attached hydrogen (secondary N) is 1. The predicted octanol–water partition coefficient (Wildman–Crippen LogP) is 1.12. The summed E-state index contributed by atoms with van der Waals surface area (Å²) in [6, 6.07) is -2.20. The Labute approximate surface area is 481 Å². The van der Waals surface area contributed by atoms with Crippen molar-refractivity contribution in [2.45, 2.75) is 228 Å². The number of H-pyrrole nitrogens is 1. The average Bonchev–Trinajstić information content (AvgIpc) is 3.76. The molecule has 28 heteroatoms. The van der Waals surface area contributed by atoms with Gasteiger partial charge in [0.15, 0.2) is 24.5 Å². The topological polar surface area (TPSA) is 380 Å². The van der Waals surface area contributed by atoms with Crippen LogP contribution < -0.4 is 17.0 Å². The molecule has 4 aliphatic heterocycles. The van der Waals surface area contributed by atoms with Gasteiger partial charge in [-0.05, 0) is 38.1 Å². The molecular weight excluding hydrogens is 1100 g/mol. The smallest absolute Gasteiger partial charge is 0.330 e. The lowest BCUT2D eigenvalue weighted by Gasteiger charge is -2.44. The van der Waals surface area contributed by atoms with E-state index in [1.54, 1.807) is 13.8 Å². The van der Waals surface area contributed by atoms with E-state index in [4.69, 9.17) is 58.2 Å². The summed E-state index contributed by atoms with van der Waals surface area (Å²) in [6.07, 6.45) is -10.9. The van der Waals surface area contributed by atoms with Gasteiger partial charge in [0, 0.05) is 72.3 Å². The van der Waals surface area contributed by atoms with Crippen LogP contribution in [0.4, 0.5) is 0 Å². The number of carbonyl (C=O) groups is 7. The van der Waals surface area contributed by atoms with Crippen molar-refractivity contribution in [3.63, 3.8) is 0 Å². The summed E-state index contributed by atoms with van der Waals surface area (Å²) in [7, 11) is 5.29. The molecule has 0 saturated carbocycles. The molecule has 1 amide bonds. The summed E-state index contributed by atoms with van der Waals surface area (Å²) in [6.45, 7) is 7.21. The van der Waals surface area contributed by atoms with E-state index in [0.717, 1.165) is 54.1 Å². The fourth-order valence-electron chi connectivity index (χ4n) is 11.1. The van der Waals surface area contributed by atoms with Gasteiger partial charge >= 0.3 is 41.5 Å². The average molecular weight is 1190 g/mol. The number of aliphatic hydroxyl groups excluding tert-OH is 2. The number of aliphatic carboxylic acids is 2. The molecule has 0 unspecified atom stereocenters. The van der Waals surface area contributed by atoms with Gasteiger partial charge in [-0.1, -0.05) is 66.2 Å². The number of rotatable bonds is 32. The zero-order valence-electron chi connectivity index (χ0n) is 48.7. The van der Waals surface area contributed by atoms with Gasteiger partial charge in [-0.15, -0.1) is 0 Å². The number of aliphatic hydroxyl groups is 2. The van der Waals surface area contributed by atoms with Crippen molar-refractivity contribution in [2.24, 2.45) is 17.6 Å². The molecule has 28 nitrogen and oxygen atoms in total. The minimum atomic E-state index is -1.79. The van der Waals surface area contributed by atoms with E-state index in [-0.39, 0.29) is 38.6 Å². The molecule has 0 aromatic carbocycles. The van der Waals surface area contributed by atoms with Crippen molar-refractivity contribution in [1.29, 1.82) is 0 Å². The third-order valence-electron chi connectivity index (χ3n) is 15.4. The maximum atomic E-state index is 14.7. The Bertz CT molecular complexity index is 2420. The number of likely N-dealkylation sites (N-methyl/N-ethyl adjacent to an activating group) is 2. The third kappa shape index (κ3) is 19.6. The van der Waals surface area contributed by atoms with Crippen LogP contribution >= 0.6 is 0 Å². The Balaban J connectivity index is 1.30. The van der Waals surface area contributed by atoms with Crippen LogP contribution in [0.2, 0.25) is 0 Å². The summed E-state index contributed by atoms with van der Waals surface area (Å²) in [5, 5.41) is 42.0. The fourth-order valence-corrected chi connectivity index (χ4v) is 11.1. The van der Waals surface area contributed by atoms with Crippen molar-refractivity contribution in [2.75, 3.05) is 41.4 Å². The molecule has 0 spiro atoms. The molecule has 4 aliphatic rings. The molecule has 4 fully saturated rings. The van der Waals surface area contributed by atoms with Gasteiger partial charge in [-0.25, -0.2) is 9.59 Å². The molecule has 4 saturated heterocycles. The highest BCUT2D eigenvalue weighted by Gasteiger charge is 2.55. The van der Waals surface area contributed by atoms with E-state index >= 15 is 0 Å². The quantitative estimate of drug-likeness (QED) is 0.0334. The van der Waals surface area contributed by atoms with Crippen molar-refractivity contribution < 1.29 is 101 Å².